The molecule has 1 aliphatic carbocycles. The number of thiophene rings is 1. The molecule has 5 nitrogen and oxygen atoms in total. The topological polar surface area (TPSA) is 60.9 Å². The number of carbonyl (C=O) groups is 2. The van der Waals surface area contributed by atoms with Gasteiger partial charge in [0.15, 0.2) is 0 Å². The lowest BCUT2D eigenvalue weighted by molar-refractivity contribution is -0.137. The lowest BCUT2D eigenvalue weighted by Crippen LogP contribution is -2.43. The van der Waals surface area contributed by atoms with Crippen LogP contribution in [0.15, 0.2) is 17.5 Å². The molecule has 1 aromatic rings. The van der Waals surface area contributed by atoms with Crippen molar-refractivity contribution in [3.05, 3.63) is 22.4 Å². The third-order valence-corrected chi connectivity index (χ3v) is 3.70. The van der Waals surface area contributed by atoms with Gasteiger partial charge in [-0.15, -0.1) is 11.3 Å². The number of urea groups is 1. The highest BCUT2D eigenvalue weighted by molar-refractivity contribution is 7.09. The molecule has 1 N–H and O–H groups in total. The van der Waals surface area contributed by atoms with Gasteiger partial charge in [-0.2, -0.15) is 0 Å². The van der Waals surface area contributed by atoms with Crippen molar-refractivity contribution >= 4 is 23.3 Å². The Bertz CT molecular complexity index is 429. The first kappa shape index (κ1) is 12.9. The molecule has 0 unspecified atom stereocenters. The second-order valence-electron chi connectivity index (χ2n) is 4.47. The van der Waals surface area contributed by atoms with Crippen LogP contribution in [0.25, 0.3) is 0 Å². The summed E-state index contributed by atoms with van der Waals surface area (Å²) in [6.07, 6.45) is 2.02. The molecule has 2 amide bonds. The van der Waals surface area contributed by atoms with Crippen LogP contribution in [0.5, 0.6) is 0 Å². The van der Waals surface area contributed by atoms with Gasteiger partial charge in [-0.3, -0.25) is 4.79 Å². The molecule has 0 aliphatic heterocycles. The van der Waals surface area contributed by atoms with Crippen LogP contribution >= 0.6 is 11.3 Å². The van der Waals surface area contributed by atoms with Gasteiger partial charge >= 0.3 is 12.0 Å². The summed E-state index contributed by atoms with van der Waals surface area (Å²) < 4.78 is 0. The Morgan fingerprint density at radius 2 is 2.22 bits per heavy atom. The minimum absolute atomic E-state index is 0.201. The second kappa shape index (κ2) is 5.39. The largest absolute Gasteiger partial charge is 0.480 e. The van der Waals surface area contributed by atoms with Crippen molar-refractivity contribution < 1.29 is 14.7 Å². The maximum atomic E-state index is 12.2. The highest BCUT2D eigenvalue weighted by atomic mass is 32.1. The van der Waals surface area contributed by atoms with Crippen molar-refractivity contribution in [1.82, 2.24) is 9.80 Å². The lowest BCUT2D eigenvalue weighted by Gasteiger charge is -2.27. The Balaban J connectivity index is 2.00. The molecule has 0 atom stereocenters. The van der Waals surface area contributed by atoms with E-state index in [1.807, 2.05) is 17.5 Å². The summed E-state index contributed by atoms with van der Waals surface area (Å²) in [5.74, 6) is -0.988. The number of rotatable bonds is 5. The Kier molecular flexibility index (Phi) is 3.86. The molecule has 1 saturated carbocycles. The molecular formula is C12H16N2O3S. The fraction of sp³-hybridized carbons (Fsp3) is 0.500. The van der Waals surface area contributed by atoms with E-state index >= 15 is 0 Å². The molecule has 1 fully saturated rings. The highest BCUT2D eigenvalue weighted by Gasteiger charge is 2.34. The summed E-state index contributed by atoms with van der Waals surface area (Å²) >= 11 is 1.61. The van der Waals surface area contributed by atoms with Gasteiger partial charge in [0.05, 0.1) is 6.54 Å². The molecular weight excluding hydrogens is 252 g/mol. The SMILES string of the molecule is CN(CC(=O)O)C(=O)N(Cc1cccs1)C1CC1. The van der Waals surface area contributed by atoms with Gasteiger partial charge in [0.1, 0.15) is 6.54 Å². The van der Waals surface area contributed by atoms with Crippen LogP contribution in [0.1, 0.15) is 17.7 Å². The first-order valence-electron chi connectivity index (χ1n) is 5.84. The van der Waals surface area contributed by atoms with E-state index in [2.05, 4.69) is 0 Å². The van der Waals surface area contributed by atoms with Gasteiger partial charge in [0.25, 0.3) is 0 Å². The smallest absolute Gasteiger partial charge is 0.323 e. The number of hydrogen-bond donors (Lipinski definition) is 1. The molecule has 1 aromatic heterocycles. The zero-order valence-corrected chi connectivity index (χ0v) is 11.0. The number of nitrogens with zero attached hydrogens (tertiary/aromatic N) is 2. The quantitative estimate of drug-likeness (QED) is 0.886. The van der Waals surface area contributed by atoms with E-state index in [1.165, 1.54) is 11.9 Å². The Morgan fingerprint density at radius 1 is 1.50 bits per heavy atom. The lowest BCUT2D eigenvalue weighted by atomic mass is 10.4. The summed E-state index contributed by atoms with van der Waals surface area (Å²) in [5.41, 5.74) is 0. The predicted octanol–water partition coefficient (Wildman–Crippen LogP) is 1.85. The van der Waals surface area contributed by atoms with E-state index in [-0.39, 0.29) is 18.6 Å². The van der Waals surface area contributed by atoms with Crippen molar-refractivity contribution in [2.45, 2.75) is 25.4 Å². The van der Waals surface area contributed by atoms with E-state index in [1.54, 1.807) is 16.2 Å². The normalized spacial score (nSPS) is 14.3. The average Bonchev–Trinajstić information content (AvgIpc) is 3.02. The van der Waals surface area contributed by atoms with Gasteiger partial charge in [0.2, 0.25) is 0 Å². The number of hydrogen-bond acceptors (Lipinski definition) is 3. The maximum Gasteiger partial charge on any atom is 0.323 e. The second-order valence-corrected chi connectivity index (χ2v) is 5.50. The molecule has 98 valence electrons. The van der Waals surface area contributed by atoms with Gasteiger partial charge in [-0.1, -0.05) is 6.07 Å². The third kappa shape index (κ3) is 3.22. The van der Waals surface area contributed by atoms with Gasteiger partial charge < -0.3 is 14.9 Å². The zero-order chi connectivity index (χ0) is 13.1. The first-order valence-corrected chi connectivity index (χ1v) is 6.72. The van der Waals surface area contributed by atoms with Crippen LogP contribution < -0.4 is 0 Å². The number of aliphatic carboxylic acids is 1. The van der Waals surface area contributed by atoms with Crippen LogP contribution in [0, 0.1) is 0 Å². The van der Waals surface area contributed by atoms with Crippen LogP contribution in [0.2, 0.25) is 0 Å². The first-order chi connectivity index (χ1) is 8.58. The van der Waals surface area contributed by atoms with Crippen LogP contribution in [-0.2, 0) is 11.3 Å². The molecule has 0 saturated heterocycles. The Morgan fingerprint density at radius 3 is 2.72 bits per heavy atom. The maximum absolute atomic E-state index is 12.2. The summed E-state index contributed by atoms with van der Waals surface area (Å²) in [7, 11) is 1.53. The predicted molar refractivity (Wildman–Crippen MR) is 68.5 cm³/mol. The number of carboxylic acid groups (broad SMARTS) is 1. The third-order valence-electron chi connectivity index (χ3n) is 2.84. The van der Waals surface area contributed by atoms with E-state index in [9.17, 15) is 9.59 Å². The van der Waals surface area contributed by atoms with Crippen LogP contribution in [0.4, 0.5) is 4.79 Å². The zero-order valence-electron chi connectivity index (χ0n) is 10.2. The van der Waals surface area contributed by atoms with E-state index < -0.39 is 5.97 Å². The van der Waals surface area contributed by atoms with Crippen molar-refractivity contribution in [3.8, 4) is 0 Å². The van der Waals surface area contributed by atoms with E-state index in [0.717, 1.165) is 17.7 Å². The molecule has 0 aromatic carbocycles. The van der Waals surface area contributed by atoms with Gasteiger partial charge in [-0.25, -0.2) is 4.79 Å². The summed E-state index contributed by atoms with van der Waals surface area (Å²) in [6, 6.07) is 4.02. The minimum Gasteiger partial charge on any atom is -0.480 e. The summed E-state index contributed by atoms with van der Waals surface area (Å²) in [6.45, 7) is 0.317. The average molecular weight is 268 g/mol. The minimum atomic E-state index is -0.988. The molecule has 2 rings (SSSR count). The molecule has 0 radical (unpaired) electrons. The monoisotopic (exact) mass is 268 g/mol. The van der Waals surface area contributed by atoms with E-state index in [4.69, 9.17) is 5.11 Å². The number of carbonyl (C=O) groups excluding carboxylic acids is 1. The standard InChI is InChI=1S/C12H16N2O3S/c1-13(8-11(15)16)12(17)14(9-4-5-9)7-10-3-2-6-18-10/h2-3,6,9H,4-5,7-8H2,1H3,(H,15,16). The Hall–Kier alpha value is -1.56. The molecule has 0 spiro atoms. The number of likely N-dealkylation sites (N-methyl/N-ethyl adjacent to an activating group) is 1. The van der Waals surface area contributed by atoms with E-state index in [0.29, 0.717) is 6.54 Å². The summed E-state index contributed by atoms with van der Waals surface area (Å²) in [4.78, 5) is 27.0. The van der Waals surface area contributed by atoms with Gasteiger partial charge in [-0.05, 0) is 24.3 Å². The molecule has 6 heteroatoms. The van der Waals surface area contributed by atoms with Crippen molar-refractivity contribution in [2.75, 3.05) is 13.6 Å². The van der Waals surface area contributed by atoms with Crippen LogP contribution in [0.3, 0.4) is 0 Å². The summed E-state index contributed by atoms with van der Waals surface area (Å²) in [5, 5.41) is 10.7. The van der Waals surface area contributed by atoms with Gasteiger partial charge in [0, 0.05) is 18.0 Å². The Labute approximate surface area is 110 Å². The number of amides is 2. The van der Waals surface area contributed by atoms with Crippen molar-refractivity contribution in [2.24, 2.45) is 0 Å². The fourth-order valence-electron chi connectivity index (χ4n) is 1.80. The number of carboxylic acids is 1. The van der Waals surface area contributed by atoms with Crippen molar-refractivity contribution in [1.29, 1.82) is 0 Å². The molecule has 1 heterocycles. The molecule has 18 heavy (non-hydrogen) atoms. The van der Waals surface area contributed by atoms with Crippen LogP contribution in [-0.4, -0.2) is 46.5 Å². The fourth-order valence-corrected chi connectivity index (χ4v) is 2.50. The molecule has 0 bridgehead atoms. The molecule has 1 aliphatic rings. The van der Waals surface area contributed by atoms with Crippen molar-refractivity contribution in [3.63, 3.8) is 0 Å². The highest BCUT2D eigenvalue weighted by Crippen LogP contribution is 2.29.